The highest BCUT2D eigenvalue weighted by Crippen LogP contribution is 2.27. The Bertz CT molecular complexity index is 478. The molecular formula is C15H21ClINO. The predicted octanol–water partition coefficient (Wildman–Crippen LogP) is 4.89. The molecule has 2 nitrogen and oxygen atoms in total. The van der Waals surface area contributed by atoms with E-state index in [1.54, 1.807) is 12.1 Å². The van der Waals surface area contributed by atoms with Crippen LogP contribution in [0.4, 0.5) is 0 Å². The number of carbonyl (C=O) groups excluding carboxylic acids is 1. The standard InChI is InChI=1S/C15H21ClINO/c1-14(2,3)9-15(4,5)18-13(19)11-8-10(16)6-7-12(11)17/h6-8H,9H2,1-5H3,(H,18,19). The SMILES string of the molecule is CC(C)(C)CC(C)(C)NC(=O)c1cc(Cl)ccc1I. The number of nitrogens with one attached hydrogen (secondary N) is 1. The second kappa shape index (κ2) is 6.00. The first-order chi connectivity index (χ1) is 8.50. The van der Waals surface area contributed by atoms with Gasteiger partial charge in [0, 0.05) is 14.1 Å². The fraction of sp³-hybridized carbons (Fsp3) is 0.533. The van der Waals surface area contributed by atoms with Gasteiger partial charge in [-0.15, -0.1) is 0 Å². The molecule has 0 aliphatic carbocycles. The lowest BCUT2D eigenvalue weighted by Crippen LogP contribution is -2.46. The van der Waals surface area contributed by atoms with Crippen molar-refractivity contribution in [3.05, 3.63) is 32.4 Å². The number of amides is 1. The smallest absolute Gasteiger partial charge is 0.252 e. The van der Waals surface area contributed by atoms with Crippen LogP contribution in [0.2, 0.25) is 5.02 Å². The summed E-state index contributed by atoms with van der Waals surface area (Å²) in [6, 6.07) is 5.36. The first kappa shape index (κ1) is 16.8. The maximum atomic E-state index is 12.3. The third-order valence-electron chi connectivity index (χ3n) is 2.60. The Hall–Kier alpha value is -0.290. The molecule has 4 heteroatoms. The second-order valence-electron chi connectivity index (χ2n) is 6.70. The maximum absolute atomic E-state index is 12.3. The quantitative estimate of drug-likeness (QED) is 0.728. The molecular weight excluding hydrogens is 373 g/mol. The number of hydrogen-bond acceptors (Lipinski definition) is 1. The van der Waals surface area contributed by atoms with Crippen molar-refractivity contribution in [2.75, 3.05) is 0 Å². The molecule has 0 saturated carbocycles. The minimum atomic E-state index is -0.249. The lowest BCUT2D eigenvalue weighted by Gasteiger charge is -2.33. The second-order valence-corrected chi connectivity index (χ2v) is 8.30. The van der Waals surface area contributed by atoms with E-state index in [2.05, 4.69) is 48.7 Å². The van der Waals surface area contributed by atoms with Crippen LogP contribution in [0.25, 0.3) is 0 Å². The molecule has 0 bridgehead atoms. The molecule has 1 aromatic carbocycles. The van der Waals surface area contributed by atoms with Crippen LogP contribution in [0.3, 0.4) is 0 Å². The highest BCUT2D eigenvalue weighted by molar-refractivity contribution is 14.1. The summed E-state index contributed by atoms with van der Waals surface area (Å²) in [6.07, 6.45) is 0.906. The zero-order valence-electron chi connectivity index (χ0n) is 12.1. The van der Waals surface area contributed by atoms with Crippen molar-refractivity contribution >= 4 is 40.1 Å². The number of rotatable bonds is 3. The van der Waals surface area contributed by atoms with E-state index < -0.39 is 0 Å². The molecule has 0 spiro atoms. The van der Waals surface area contributed by atoms with Gasteiger partial charge in [0.05, 0.1) is 5.56 Å². The van der Waals surface area contributed by atoms with Gasteiger partial charge in [0.1, 0.15) is 0 Å². The largest absolute Gasteiger partial charge is 0.347 e. The van der Waals surface area contributed by atoms with Gasteiger partial charge in [-0.05, 0) is 66.5 Å². The van der Waals surface area contributed by atoms with Crippen LogP contribution < -0.4 is 5.32 Å². The minimum absolute atomic E-state index is 0.0684. The summed E-state index contributed by atoms with van der Waals surface area (Å²) in [4.78, 5) is 12.3. The van der Waals surface area contributed by atoms with Crippen molar-refractivity contribution in [3.63, 3.8) is 0 Å². The fourth-order valence-corrected chi connectivity index (χ4v) is 3.17. The van der Waals surface area contributed by atoms with Gasteiger partial charge in [-0.25, -0.2) is 0 Å². The molecule has 1 aromatic rings. The van der Waals surface area contributed by atoms with Crippen LogP contribution in [0.15, 0.2) is 18.2 Å². The van der Waals surface area contributed by atoms with Gasteiger partial charge in [0.15, 0.2) is 0 Å². The highest BCUT2D eigenvalue weighted by atomic mass is 127. The van der Waals surface area contributed by atoms with Crippen molar-refractivity contribution in [2.24, 2.45) is 5.41 Å². The number of halogens is 2. The summed E-state index contributed by atoms with van der Waals surface area (Å²) in [7, 11) is 0. The Morgan fingerprint density at radius 1 is 1.26 bits per heavy atom. The van der Waals surface area contributed by atoms with E-state index >= 15 is 0 Å². The van der Waals surface area contributed by atoms with Gasteiger partial charge >= 0.3 is 0 Å². The van der Waals surface area contributed by atoms with Crippen LogP contribution in [0, 0.1) is 8.99 Å². The van der Waals surface area contributed by atoms with E-state index in [4.69, 9.17) is 11.6 Å². The van der Waals surface area contributed by atoms with Gasteiger partial charge in [0.2, 0.25) is 0 Å². The summed E-state index contributed by atoms with van der Waals surface area (Å²) in [5.74, 6) is -0.0684. The summed E-state index contributed by atoms with van der Waals surface area (Å²) in [6.45, 7) is 10.6. The molecule has 1 N–H and O–H groups in total. The van der Waals surface area contributed by atoms with Crippen molar-refractivity contribution < 1.29 is 4.79 Å². The summed E-state index contributed by atoms with van der Waals surface area (Å²) >= 11 is 8.11. The molecule has 1 rings (SSSR count). The monoisotopic (exact) mass is 393 g/mol. The van der Waals surface area contributed by atoms with E-state index in [1.807, 2.05) is 19.9 Å². The molecule has 0 saturated heterocycles. The van der Waals surface area contributed by atoms with Crippen LogP contribution in [-0.4, -0.2) is 11.4 Å². The zero-order chi connectivity index (χ0) is 14.8. The third-order valence-corrected chi connectivity index (χ3v) is 3.77. The van der Waals surface area contributed by atoms with Crippen molar-refractivity contribution in [1.29, 1.82) is 0 Å². The summed E-state index contributed by atoms with van der Waals surface area (Å²) in [5.41, 5.74) is 0.550. The molecule has 0 aromatic heterocycles. The Kier molecular flexibility index (Phi) is 5.29. The molecule has 0 unspecified atom stereocenters. The average molecular weight is 394 g/mol. The maximum Gasteiger partial charge on any atom is 0.252 e. The van der Waals surface area contributed by atoms with E-state index in [0.29, 0.717) is 10.6 Å². The lowest BCUT2D eigenvalue weighted by atomic mass is 9.81. The van der Waals surface area contributed by atoms with Crippen molar-refractivity contribution in [3.8, 4) is 0 Å². The zero-order valence-corrected chi connectivity index (χ0v) is 15.0. The van der Waals surface area contributed by atoms with E-state index in [1.165, 1.54) is 0 Å². The normalized spacial score (nSPS) is 12.4. The van der Waals surface area contributed by atoms with Gasteiger partial charge in [0.25, 0.3) is 5.91 Å². The fourth-order valence-electron chi connectivity index (χ4n) is 2.42. The van der Waals surface area contributed by atoms with Crippen LogP contribution in [-0.2, 0) is 0 Å². The molecule has 0 fully saturated rings. The molecule has 1 amide bonds. The summed E-state index contributed by atoms with van der Waals surface area (Å²) in [5, 5.41) is 3.68. The van der Waals surface area contributed by atoms with Crippen molar-refractivity contribution in [1.82, 2.24) is 5.32 Å². The molecule has 106 valence electrons. The lowest BCUT2D eigenvalue weighted by molar-refractivity contribution is 0.0890. The number of benzene rings is 1. The highest BCUT2D eigenvalue weighted by Gasteiger charge is 2.27. The Morgan fingerprint density at radius 3 is 2.37 bits per heavy atom. The Balaban J connectivity index is 2.87. The van der Waals surface area contributed by atoms with Crippen LogP contribution in [0.5, 0.6) is 0 Å². The first-order valence-corrected chi connectivity index (χ1v) is 7.73. The molecule has 0 aliphatic rings. The molecule has 19 heavy (non-hydrogen) atoms. The van der Waals surface area contributed by atoms with Gasteiger partial charge in [-0.3, -0.25) is 4.79 Å². The minimum Gasteiger partial charge on any atom is -0.347 e. The van der Waals surface area contributed by atoms with Crippen molar-refractivity contribution in [2.45, 2.75) is 46.6 Å². The van der Waals surface area contributed by atoms with Gasteiger partial charge < -0.3 is 5.32 Å². The van der Waals surface area contributed by atoms with Gasteiger partial charge in [-0.1, -0.05) is 32.4 Å². The van der Waals surface area contributed by atoms with Gasteiger partial charge in [-0.2, -0.15) is 0 Å². The molecule has 0 heterocycles. The number of hydrogen-bond donors (Lipinski definition) is 1. The Morgan fingerprint density at radius 2 is 1.84 bits per heavy atom. The third kappa shape index (κ3) is 5.69. The molecule has 0 atom stereocenters. The average Bonchev–Trinajstić information content (AvgIpc) is 2.16. The Labute approximate surface area is 134 Å². The van der Waals surface area contributed by atoms with E-state index in [-0.39, 0.29) is 16.9 Å². The predicted molar refractivity (Wildman–Crippen MR) is 89.8 cm³/mol. The van der Waals surface area contributed by atoms with E-state index in [0.717, 1.165) is 9.99 Å². The van der Waals surface area contributed by atoms with E-state index in [9.17, 15) is 4.79 Å². The molecule has 0 radical (unpaired) electrons. The van der Waals surface area contributed by atoms with Crippen LogP contribution in [0.1, 0.15) is 51.4 Å². The summed E-state index contributed by atoms with van der Waals surface area (Å²) < 4.78 is 0.908. The topological polar surface area (TPSA) is 29.1 Å². The van der Waals surface area contributed by atoms with Crippen LogP contribution >= 0.6 is 34.2 Å². The molecule has 0 aliphatic heterocycles. The number of carbonyl (C=O) groups is 1. The first-order valence-electron chi connectivity index (χ1n) is 6.28.